The average molecular weight is 283 g/mol. The second-order valence-corrected chi connectivity index (χ2v) is 5.79. The highest BCUT2D eigenvalue weighted by Gasteiger charge is 2.25. The Labute approximate surface area is 120 Å². The second-order valence-electron chi connectivity index (χ2n) is 5.44. The molecule has 1 aliphatic heterocycles. The normalized spacial score (nSPS) is 21.5. The van der Waals surface area contributed by atoms with Crippen LogP contribution in [-0.4, -0.2) is 47.8 Å². The molecule has 4 nitrogen and oxygen atoms in total. The summed E-state index contributed by atoms with van der Waals surface area (Å²) in [6, 6.07) is 0.501. The van der Waals surface area contributed by atoms with Gasteiger partial charge in [-0.3, -0.25) is 0 Å². The summed E-state index contributed by atoms with van der Waals surface area (Å²) < 4.78 is 0. The standard InChI is InChI=1S/C14H23ClN4/c1-5-12-9-18(4)7-6-8-19(12)14-11(3)10(2)13(15)16-17-14/h12H,5-9H2,1-4H3. The van der Waals surface area contributed by atoms with Crippen LogP contribution in [-0.2, 0) is 0 Å². The predicted octanol–water partition coefficient (Wildman–Crippen LogP) is 2.67. The van der Waals surface area contributed by atoms with E-state index >= 15 is 0 Å². The Kier molecular flexibility index (Phi) is 4.63. The van der Waals surface area contributed by atoms with Crippen molar-refractivity contribution in [2.45, 2.75) is 39.7 Å². The Morgan fingerprint density at radius 3 is 2.63 bits per heavy atom. The minimum Gasteiger partial charge on any atom is -0.351 e. The van der Waals surface area contributed by atoms with Gasteiger partial charge in [0.05, 0.1) is 0 Å². The van der Waals surface area contributed by atoms with E-state index in [0.29, 0.717) is 11.2 Å². The van der Waals surface area contributed by atoms with Crippen LogP contribution in [0.3, 0.4) is 0 Å². The van der Waals surface area contributed by atoms with Crippen LogP contribution >= 0.6 is 11.6 Å². The Hall–Kier alpha value is -0.870. The number of halogens is 1. The second kappa shape index (κ2) is 6.06. The van der Waals surface area contributed by atoms with Crippen molar-refractivity contribution in [2.24, 2.45) is 0 Å². The summed E-state index contributed by atoms with van der Waals surface area (Å²) in [7, 11) is 2.19. The van der Waals surface area contributed by atoms with Crippen LogP contribution in [0.25, 0.3) is 0 Å². The lowest BCUT2D eigenvalue weighted by Crippen LogP contribution is -2.40. The van der Waals surface area contributed by atoms with Crippen molar-refractivity contribution in [2.75, 3.05) is 31.6 Å². The number of likely N-dealkylation sites (N-methyl/N-ethyl adjacent to an activating group) is 1. The Morgan fingerprint density at radius 2 is 1.95 bits per heavy atom. The van der Waals surface area contributed by atoms with Gasteiger partial charge in [0.2, 0.25) is 0 Å². The number of anilines is 1. The minimum atomic E-state index is 0.501. The van der Waals surface area contributed by atoms with E-state index in [1.807, 2.05) is 6.92 Å². The fourth-order valence-corrected chi connectivity index (χ4v) is 2.89. The summed E-state index contributed by atoms with van der Waals surface area (Å²) >= 11 is 6.05. The molecule has 2 heterocycles. The molecule has 1 fully saturated rings. The molecule has 1 atom stereocenters. The van der Waals surface area contributed by atoms with Gasteiger partial charge in [0.15, 0.2) is 11.0 Å². The fourth-order valence-electron chi connectivity index (χ4n) is 2.71. The van der Waals surface area contributed by atoms with Crippen LogP contribution in [0.1, 0.15) is 30.9 Å². The summed E-state index contributed by atoms with van der Waals surface area (Å²) in [6.07, 6.45) is 2.28. The Balaban J connectivity index is 2.35. The van der Waals surface area contributed by atoms with Gasteiger partial charge in [-0.2, -0.15) is 0 Å². The summed E-state index contributed by atoms with van der Waals surface area (Å²) in [5, 5.41) is 8.96. The highest BCUT2D eigenvalue weighted by molar-refractivity contribution is 6.30. The molecule has 5 heteroatoms. The Bertz CT molecular complexity index is 449. The molecule has 1 aromatic heterocycles. The van der Waals surface area contributed by atoms with Crippen LogP contribution in [0.4, 0.5) is 5.82 Å². The fraction of sp³-hybridized carbons (Fsp3) is 0.714. The van der Waals surface area contributed by atoms with Crippen molar-refractivity contribution in [3.05, 3.63) is 16.3 Å². The lowest BCUT2D eigenvalue weighted by molar-refractivity contribution is 0.327. The van der Waals surface area contributed by atoms with E-state index in [9.17, 15) is 0 Å². The zero-order valence-corrected chi connectivity index (χ0v) is 13.0. The van der Waals surface area contributed by atoms with Crippen molar-refractivity contribution in [3.8, 4) is 0 Å². The van der Waals surface area contributed by atoms with Crippen molar-refractivity contribution in [1.29, 1.82) is 0 Å². The largest absolute Gasteiger partial charge is 0.351 e. The molecular weight excluding hydrogens is 260 g/mol. The maximum atomic E-state index is 6.05. The number of hydrogen-bond acceptors (Lipinski definition) is 4. The van der Waals surface area contributed by atoms with Crippen LogP contribution in [0, 0.1) is 13.8 Å². The van der Waals surface area contributed by atoms with E-state index in [-0.39, 0.29) is 0 Å². The SMILES string of the molecule is CCC1CN(C)CCCN1c1nnc(Cl)c(C)c1C. The van der Waals surface area contributed by atoms with Crippen molar-refractivity contribution >= 4 is 17.4 Å². The smallest absolute Gasteiger partial charge is 0.155 e. The zero-order valence-electron chi connectivity index (χ0n) is 12.3. The Morgan fingerprint density at radius 1 is 1.21 bits per heavy atom. The van der Waals surface area contributed by atoms with E-state index in [2.05, 4.69) is 40.9 Å². The molecule has 0 saturated carbocycles. The van der Waals surface area contributed by atoms with Crippen LogP contribution in [0.2, 0.25) is 5.15 Å². The summed E-state index contributed by atoms with van der Waals surface area (Å²) in [4.78, 5) is 4.81. The summed E-state index contributed by atoms with van der Waals surface area (Å²) in [6.45, 7) is 9.61. The molecule has 0 radical (unpaired) electrons. The van der Waals surface area contributed by atoms with Gasteiger partial charge in [-0.05, 0) is 51.4 Å². The highest BCUT2D eigenvalue weighted by Crippen LogP contribution is 2.27. The molecular formula is C14H23ClN4. The van der Waals surface area contributed by atoms with Crippen molar-refractivity contribution in [1.82, 2.24) is 15.1 Å². The van der Waals surface area contributed by atoms with Gasteiger partial charge in [0.1, 0.15) is 0 Å². The first-order valence-electron chi connectivity index (χ1n) is 6.99. The van der Waals surface area contributed by atoms with E-state index in [0.717, 1.165) is 49.4 Å². The first kappa shape index (κ1) is 14.5. The number of hydrogen-bond donors (Lipinski definition) is 0. The van der Waals surface area contributed by atoms with Gasteiger partial charge in [-0.1, -0.05) is 18.5 Å². The van der Waals surface area contributed by atoms with Crippen molar-refractivity contribution in [3.63, 3.8) is 0 Å². The van der Waals surface area contributed by atoms with Gasteiger partial charge in [0, 0.05) is 19.1 Å². The van der Waals surface area contributed by atoms with E-state index < -0.39 is 0 Å². The van der Waals surface area contributed by atoms with Crippen LogP contribution in [0.5, 0.6) is 0 Å². The van der Waals surface area contributed by atoms with Gasteiger partial charge in [0.25, 0.3) is 0 Å². The van der Waals surface area contributed by atoms with Crippen molar-refractivity contribution < 1.29 is 0 Å². The van der Waals surface area contributed by atoms with Gasteiger partial charge in [-0.15, -0.1) is 10.2 Å². The van der Waals surface area contributed by atoms with Crippen LogP contribution < -0.4 is 4.90 Å². The molecule has 0 aromatic carbocycles. The summed E-state index contributed by atoms with van der Waals surface area (Å²) in [5.41, 5.74) is 2.20. The quantitative estimate of drug-likeness (QED) is 0.835. The molecule has 0 spiro atoms. The molecule has 1 aromatic rings. The first-order chi connectivity index (χ1) is 9.04. The average Bonchev–Trinajstić information content (AvgIpc) is 2.58. The predicted molar refractivity (Wildman–Crippen MR) is 80.1 cm³/mol. The highest BCUT2D eigenvalue weighted by atomic mass is 35.5. The molecule has 0 bridgehead atoms. The van der Waals surface area contributed by atoms with E-state index in [1.54, 1.807) is 0 Å². The topological polar surface area (TPSA) is 32.3 Å². The first-order valence-corrected chi connectivity index (χ1v) is 7.37. The molecule has 106 valence electrons. The third-order valence-corrected chi connectivity index (χ3v) is 4.44. The number of nitrogens with zero attached hydrogens (tertiary/aromatic N) is 4. The maximum absolute atomic E-state index is 6.05. The third-order valence-electron chi connectivity index (χ3n) is 4.09. The number of rotatable bonds is 2. The molecule has 0 N–H and O–H groups in total. The van der Waals surface area contributed by atoms with Gasteiger partial charge < -0.3 is 9.80 Å². The molecule has 1 unspecified atom stereocenters. The number of aromatic nitrogens is 2. The van der Waals surface area contributed by atoms with Crippen LogP contribution in [0.15, 0.2) is 0 Å². The maximum Gasteiger partial charge on any atom is 0.155 e. The van der Waals surface area contributed by atoms with E-state index in [1.165, 1.54) is 0 Å². The lowest BCUT2D eigenvalue weighted by Gasteiger charge is -2.32. The molecule has 19 heavy (non-hydrogen) atoms. The lowest BCUT2D eigenvalue weighted by atomic mass is 10.1. The van der Waals surface area contributed by atoms with E-state index in [4.69, 9.17) is 11.6 Å². The monoisotopic (exact) mass is 282 g/mol. The third kappa shape index (κ3) is 3.00. The molecule has 1 aliphatic rings. The van der Waals surface area contributed by atoms with Gasteiger partial charge >= 0.3 is 0 Å². The van der Waals surface area contributed by atoms with Gasteiger partial charge in [-0.25, -0.2) is 0 Å². The molecule has 0 amide bonds. The zero-order chi connectivity index (χ0) is 14.0. The molecule has 0 aliphatic carbocycles. The molecule has 1 saturated heterocycles. The molecule has 2 rings (SSSR count). The summed E-state index contributed by atoms with van der Waals surface area (Å²) in [5.74, 6) is 1.00. The minimum absolute atomic E-state index is 0.501.